The van der Waals surface area contributed by atoms with Gasteiger partial charge in [-0.15, -0.1) is 23.7 Å². The zero-order chi connectivity index (χ0) is 13.6. The number of sulfonamides is 1. The topological polar surface area (TPSA) is 63.4 Å². The van der Waals surface area contributed by atoms with Crippen molar-refractivity contribution in [2.75, 3.05) is 13.1 Å². The summed E-state index contributed by atoms with van der Waals surface area (Å²) < 4.78 is 26.7. The predicted octanol–water partition coefficient (Wildman–Crippen LogP) is 2.19. The lowest BCUT2D eigenvalue weighted by Crippen LogP contribution is -2.31. The van der Waals surface area contributed by atoms with E-state index in [0.29, 0.717) is 17.3 Å². The van der Waals surface area contributed by atoms with Gasteiger partial charge in [-0.1, -0.05) is 20.8 Å². The Kier molecular flexibility index (Phi) is 5.07. The number of hydrogen-bond donors (Lipinski definition) is 1. The molecule has 0 aliphatic carbocycles. The molecule has 0 saturated carbocycles. The number of thiophene rings is 1. The second kappa shape index (κ2) is 5.69. The van der Waals surface area contributed by atoms with Crippen molar-refractivity contribution in [2.45, 2.75) is 42.9 Å². The molecule has 1 atom stereocenters. The van der Waals surface area contributed by atoms with Crippen LogP contribution in [0.25, 0.3) is 0 Å². The van der Waals surface area contributed by atoms with Crippen LogP contribution in [0.4, 0.5) is 0 Å². The lowest BCUT2D eigenvalue weighted by molar-refractivity contribution is 0.474. The van der Waals surface area contributed by atoms with Gasteiger partial charge in [-0.2, -0.15) is 4.31 Å². The summed E-state index contributed by atoms with van der Waals surface area (Å²) in [5.41, 5.74) is 5.76. The second-order valence-corrected chi connectivity index (χ2v) is 9.03. The average Bonchev–Trinajstić information content (AvgIpc) is 2.83. The molecule has 19 heavy (non-hydrogen) atoms. The molecule has 1 aromatic heterocycles. The van der Waals surface area contributed by atoms with Crippen LogP contribution in [0.2, 0.25) is 0 Å². The zero-order valence-corrected chi connectivity index (χ0v) is 13.9. The first-order chi connectivity index (χ1) is 8.21. The first kappa shape index (κ1) is 16.9. The minimum Gasteiger partial charge on any atom is -0.326 e. The fourth-order valence-corrected chi connectivity index (χ4v) is 4.99. The number of nitrogens with two attached hydrogens (primary N) is 1. The minimum absolute atomic E-state index is 0. The fraction of sp³-hybridized carbons (Fsp3) is 0.667. The van der Waals surface area contributed by atoms with Crippen LogP contribution < -0.4 is 5.73 Å². The Morgan fingerprint density at radius 3 is 2.42 bits per heavy atom. The molecule has 0 radical (unpaired) electrons. The van der Waals surface area contributed by atoms with Crippen molar-refractivity contribution in [2.24, 2.45) is 5.73 Å². The van der Waals surface area contributed by atoms with Crippen LogP contribution in [0.15, 0.2) is 16.3 Å². The van der Waals surface area contributed by atoms with Gasteiger partial charge in [-0.05, 0) is 24.0 Å². The Morgan fingerprint density at radius 2 is 2.00 bits per heavy atom. The molecule has 0 amide bonds. The molecule has 2 heterocycles. The Labute approximate surface area is 125 Å². The monoisotopic (exact) mass is 324 g/mol. The van der Waals surface area contributed by atoms with E-state index in [9.17, 15) is 8.42 Å². The second-order valence-electron chi connectivity index (χ2n) is 5.78. The van der Waals surface area contributed by atoms with Crippen LogP contribution in [0.3, 0.4) is 0 Å². The number of rotatable bonds is 2. The van der Waals surface area contributed by atoms with Crippen molar-refractivity contribution in [1.29, 1.82) is 0 Å². The van der Waals surface area contributed by atoms with Gasteiger partial charge in [0.25, 0.3) is 10.0 Å². The molecular formula is C12H21ClN2O2S2. The summed E-state index contributed by atoms with van der Waals surface area (Å²) >= 11 is 1.36. The van der Waals surface area contributed by atoms with Gasteiger partial charge < -0.3 is 5.73 Å². The van der Waals surface area contributed by atoms with Gasteiger partial charge in [-0.25, -0.2) is 8.42 Å². The van der Waals surface area contributed by atoms with Crippen molar-refractivity contribution in [3.05, 3.63) is 17.0 Å². The molecule has 1 fully saturated rings. The highest BCUT2D eigenvalue weighted by Gasteiger charge is 2.32. The van der Waals surface area contributed by atoms with E-state index in [1.807, 2.05) is 6.07 Å². The first-order valence-corrected chi connectivity index (χ1v) is 8.33. The van der Waals surface area contributed by atoms with Gasteiger partial charge in [0, 0.05) is 24.0 Å². The fourth-order valence-electron chi connectivity index (χ4n) is 1.96. The molecule has 1 saturated heterocycles. The molecule has 4 nitrogen and oxygen atoms in total. The molecule has 7 heteroatoms. The molecule has 110 valence electrons. The van der Waals surface area contributed by atoms with E-state index in [0.717, 1.165) is 11.3 Å². The number of nitrogens with zero attached hydrogens (tertiary/aromatic N) is 1. The molecule has 1 aliphatic rings. The largest absolute Gasteiger partial charge is 0.326 e. The van der Waals surface area contributed by atoms with Crippen LogP contribution >= 0.6 is 23.7 Å². The third-order valence-corrected chi connectivity index (χ3v) is 6.95. The molecule has 0 unspecified atom stereocenters. The zero-order valence-electron chi connectivity index (χ0n) is 11.4. The number of hydrogen-bond acceptors (Lipinski definition) is 4. The summed E-state index contributed by atoms with van der Waals surface area (Å²) in [4.78, 5) is 1.09. The summed E-state index contributed by atoms with van der Waals surface area (Å²) in [6.45, 7) is 7.22. The number of halogens is 1. The molecule has 0 spiro atoms. The minimum atomic E-state index is -3.34. The van der Waals surface area contributed by atoms with E-state index in [1.165, 1.54) is 15.6 Å². The first-order valence-electron chi connectivity index (χ1n) is 6.07. The smallest absolute Gasteiger partial charge is 0.252 e. The van der Waals surface area contributed by atoms with E-state index in [-0.39, 0.29) is 23.9 Å². The predicted molar refractivity (Wildman–Crippen MR) is 81.6 cm³/mol. The van der Waals surface area contributed by atoms with E-state index in [2.05, 4.69) is 20.8 Å². The van der Waals surface area contributed by atoms with Crippen molar-refractivity contribution in [3.8, 4) is 0 Å². The SMILES string of the molecule is CC(C)(C)c1ccc(S(=O)(=O)N2CC[C@@H](N)C2)s1.Cl. The Morgan fingerprint density at radius 1 is 1.37 bits per heavy atom. The third kappa shape index (κ3) is 3.49. The molecular weight excluding hydrogens is 304 g/mol. The molecule has 0 bridgehead atoms. The Hall–Kier alpha value is -0.140. The summed E-state index contributed by atoms with van der Waals surface area (Å²) in [6, 6.07) is 3.60. The highest BCUT2D eigenvalue weighted by atomic mass is 35.5. The molecule has 2 rings (SSSR count). The highest BCUT2D eigenvalue weighted by molar-refractivity contribution is 7.91. The van der Waals surface area contributed by atoms with Crippen molar-refractivity contribution in [1.82, 2.24) is 4.31 Å². The molecule has 1 aliphatic heterocycles. The van der Waals surface area contributed by atoms with Gasteiger partial charge in [0.1, 0.15) is 4.21 Å². The van der Waals surface area contributed by atoms with Crippen LogP contribution in [0, 0.1) is 0 Å². The van der Waals surface area contributed by atoms with Gasteiger partial charge in [0.15, 0.2) is 0 Å². The summed E-state index contributed by atoms with van der Waals surface area (Å²) in [5, 5.41) is 0. The van der Waals surface area contributed by atoms with Crippen LogP contribution in [-0.2, 0) is 15.4 Å². The van der Waals surface area contributed by atoms with E-state index in [4.69, 9.17) is 5.73 Å². The maximum absolute atomic E-state index is 12.4. The average molecular weight is 325 g/mol. The summed E-state index contributed by atoms with van der Waals surface area (Å²) in [7, 11) is -3.34. The van der Waals surface area contributed by atoms with Crippen LogP contribution in [0.5, 0.6) is 0 Å². The van der Waals surface area contributed by atoms with E-state index >= 15 is 0 Å². The lowest BCUT2D eigenvalue weighted by Gasteiger charge is -2.16. The van der Waals surface area contributed by atoms with Gasteiger partial charge in [0.05, 0.1) is 0 Å². The van der Waals surface area contributed by atoms with Crippen molar-refractivity contribution in [3.63, 3.8) is 0 Å². The maximum Gasteiger partial charge on any atom is 0.252 e. The van der Waals surface area contributed by atoms with Crippen molar-refractivity contribution >= 4 is 33.8 Å². The quantitative estimate of drug-likeness (QED) is 0.907. The van der Waals surface area contributed by atoms with E-state index in [1.54, 1.807) is 6.07 Å². The van der Waals surface area contributed by atoms with E-state index < -0.39 is 10.0 Å². The molecule has 2 N–H and O–H groups in total. The summed E-state index contributed by atoms with van der Waals surface area (Å²) in [5.74, 6) is 0. The Balaban J connectivity index is 0.00000180. The third-order valence-electron chi connectivity index (χ3n) is 3.10. The van der Waals surface area contributed by atoms with Crippen LogP contribution in [-0.4, -0.2) is 31.9 Å². The maximum atomic E-state index is 12.4. The van der Waals surface area contributed by atoms with Gasteiger partial charge in [-0.3, -0.25) is 0 Å². The highest BCUT2D eigenvalue weighted by Crippen LogP contribution is 2.33. The standard InChI is InChI=1S/C12H20N2O2S2.ClH/c1-12(2,3)10-4-5-11(17-10)18(15,16)14-7-6-9(13)8-14;/h4-5,9H,6-8,13H2,1-3H3;1H/t9-;/m1./s1. The normalized spacial score (nSPS) is 21.4. The molecule has 0 aromatic carbocycles. The van der Waals surface area contributed by atoms with Crippen molar-refractivity contribution < 1.29 is 8.42 Å². The van der Waals surface area contributed by atoms with Crippen LogP contribution in [0.1, 0.15) is 32.1 Å². The lowest BCUT2D eigenvalue weighted by atomic mass is 9.95. The Bertz CT molecular complexity index is 534. The summed E-state index contributed by atoms with van der Waals surface area (Å²) in [6.07, 6.45) is 0.747. The van der Waals surface area contributed by atoms with Gasteiger partial charge >= 0.3 is 0 Å². The van der Waals surface area contributed by atoms with Gasteiger partial charge in [0.2, 0.25) is 0 Å². The molecule has 1 aromatic rings.